The second-order valence-corrected chi connectivity index (χ2v) is 9.14. The number of allylic oxidation sites excluding steroid dienone is 1. The summed E-state index contributed by atoms with van der Waals surface area (Å²) in [6, 6.07) is 15.6. The fourth-order valence-electron chi connectivity index (χ4n) is 3.31. The fourth-order valence-corrected chi connectivity index (χ4v) is 5.01. The first kappa shape index (κ1) is 22.4. The highest BCUT2D eigenvalue weighted by molar-refractivity contribution is 7.91. The van der Waals surface area contributed by atoms with Crippen molar-refractivity contribution >= 4 is 21.6 Å². The van der Waals surface area contributed by atoms with Crippen LogP contribution in [-0.4, -0.2) is 25.5 Å². The number of sulfone groups is 1. The molecule has 0 fully saturated rings. The lowest BCUT2D eigenvalue weighted by atomic mass is 10.2. The first-order chi connectivity index (χ1) is 14.8. The van der Waals surface area contributed by atoms with E-state index in [-0.39, 0.29) is 22.2 Å². The topological polar surface area (TPSA) is 77.4 Å². The minimum Gasteiger partial charge on any atom is -0.484 e. The van der Waals surface area contributed by atoms with E-state index in [1.54, 1.807) is 66.1 Å². The zero-order valence-corrected chi connectivity index (χ0v) is 18.7. The standard InChI is InChI=1S/C24H26N2O4S/c1-5-15-26-19(4)18(3)23(31(28,29)21-13-11-17(2)12-14-21)24(26)25-22(27)16-30-20-9-7-6-8-10-20/h5-14H,1,15-16H2,2-4H3,(H,25,27). The van der Waals surface area contributed by atoms with Crippen LogP contribution in [0.2, 0.25) is 0 Å². The summed E-state index contributed by atoms with van der Waals surface area (Å²) in [6.07, 6.45) is 1.66. The van der Waals surface area contributed by atoms with Gasteiger partial charge in [0, 0.05) is 12.2 Å². The molecule has 1 heterocycles. The van der Waals surface area contributed by atoms with E-state index >= 15 is 0 Å². The van der Waals surface area contributed by atoms with Crippen LogP contribution in [-0.2, 0) is 21.2 Å². The molecule has 2 aromatic carbocycles. The van der Waals surface area contributed by atoms with E-state index in [0.29, 0.717) is 17.9 Å². The lowest BCUT2D eigenvalue weighted by Crippen LogP contribution is -2.23. The van der Waals surface area contributed by atoms with E-state index in [2.05, 4.69) is 11.9 Å². The maximum Gasteiger partial charge on any atom is 0.263 e. The summed E-state index contributed by atoms with van der Waals surface area (Å²) < 4.78 is 34.2. The fraction of sp³-hybridized carbons (Fsp3) is 0.208. The molecule has 1 N–H and O–H groups in total. The van der Waals surface area contributed by atoms with Crippen LogP contribution in [0.1, 0.15) is 16.8 Å². The average molecular weight is 439 g/mol. The number of hydrogen-bond acceptors (Lipinski definition) is 4. The molecule has 7 heteroatoms. The third-order valence-electron chi connectivity index (χ3n) is 5.06. The third kappa shape index (κ3) is 4.72. The van der Waals surface area contributed by atoms with Crippen LogP contribution in [0, 0.1) is 20.8 Å². The van der Waals surface area contributed by atoms with Gasteiger partial charge in [-0.1, -0.05) is 42.0 Å². The van der Waals surface area contributed by atoms with Crippen molar-refractivity contribution in [2.24, 2.45) is 0 Å². The van der Waals surface area contributed by atoms with E-state index < -0.39 is 15.7 Å². The summed E-state index contributed by atoms with van der Waals surface area (Å²) in [5.74, 6) is 0.322. The molecule has 0 spiro atoms. The molecule has 0 saturated carbocycles. The number of carbonyl (C=O) groups is 1. The van der Waals surface area contributed by atoms with E-state index in [0.717, 1.165) is 11.3 Å². The van der Waals surface area contributed by atoms with Gasteiger partial charge in [0.2, 0.25) is 9.84 Å². The van der Waals surface area contributed by atoms with Crippen LogP contribution in [0.3, 0.4) is 0 Å². The monoisotopic (exact) mass is 438 g/mol. The summed E-state index contributed by atoms with van der Waals surface area (Å²) in [4.78, 5) is 12.9. The highest BCUT2D eigenvalue weighted by Gasteiger charge is 2.30. The Balaban J connectivity index is 2.00. The van der Waals surface area contributed by atoms with Crippen molar-refractivity contribution in [1.82, 2.24) is 4.57 Å². The SMILES string of the molecule is C=CCn1c(C)c(C)c(S(=O)(=O)c2ccc(C)cc2)c1NC(=O)COc1ccccc1. The van der Waals surface area contributed by atoms with Gasteiger partial charge in [-0.2, -0.15) is 0 Å². The molecule has 0 radical (unpaired) electrons. The van der Waals surface area contributed by atoms with E-state index in [1.807, 2.05) is 19.9 Å². The Kier molecular flexibility index (Phi) is 6.65. The van der Waals surface area contributed by atoms with Crippen LogP contribution in [0.4, 0.5) is 5.82 Å². The predicted molar refractivity (Wildman–Crippen MR) is 121 cm³/mol. The van der Waals surface area contributed by atoms with Crippen LogP contribution in [0.25, 0.3) is 0 Å². The van der Waals surface area contributed by atoms with E-state index in [1.165, 1.54) is 0 Å². The van der Waals surface area contributed by atoms with Crippen LogP contribution in [0.15, 0.2) is 77.0 Å². The van der Waals surface area contributed by atoms with Gasteiger partial charge in [-0.3, -0.25) is 4.79 Å². The number of para-hydroxylation sites is 1. The van der Waals surface area contributed by atoms with Crippen molar-refractivity contribution in [2.75, 3.05) is 11.9 Å². The van der Waals surface area contributed by atoms with Gasteiger partial charge in [0.15, 0.2) is 6.61 Å². The summed E-state index contributed by atoms with van der Waals surface area (Å²) in [6.45, 7) is 9.32. The number of anilines is 1. The Hall–Kier alpha value is -3.32. The van der Waals surface area contributed by atoms with Gasteiger partial charge < -0.3 is 14.6 Å². The molecule has 3 rings (SSSR count). The minimum absolute atomic E-state index is 0.0868. The van der Waals surface area contributed by atoms with Gasteiger partial charge >= 0.3 is 0 Å². The summed E-state index contributed by atoms with van der Waals surface area (Å²) in [7, 11) is -3.86. The highest BCUT2D eigenvalue weighted by Crippen LogP contribution is 2.35. The van der Waals surface area contributed by atoms with Crippen molar-refractivity contribution < 1.29 is 17.9 Å². The smallest absolute Gasteiger partial charge is 0.263 e. The molecular weight excluding hydrogens is 412 g/mol. The summed E-state index contributed by atoms with van der Waals surface area (Å²) in [5, 5.41) is 2.76. The predicted octanol–water partition coefficient (Wildman–Crippen LogP) is 4.45. The molecule has 0 aliphatic rings. The first-order valence-corrected chi connectivity index (χ1v) is 11.3. The Bertz CT molecular complexity index is 1190. The van der Waals surface area contributed by atoms with Crippen molar-refractivity contribution in [3.05, 3.63) is 84.1 Å². The zero-order valence-electron chi connectivity index (χ0n) is 17.9. The summed E-state index contributed by atoms with van der Waals surface area (Å²) >= 11 is 0. The van der Waals surface area contributed by atoms with Crippen LogP contribution in [0.5, 0.6) is 5.75 Å². The van der Waals surface area contributed by atoms with Gasteiger partial charge in [-0.05, 0) is 50.6 Å². The Labute approximate surface area is 183 Å². The summed E-state index contributed by atoms with van der Waals surface area (Å²) in [5.41, 5.74) is 2.29. The number of aryl methyl sites for hydroxylation is 1. The molecule has 31 heavy (non-hydrogen) atoms. The van der Waals surface area contributed by atoms with Crippen LogP contribution < -0.4 is 10.1 Å². The number of nitrogens with one attached hydrogen (secondary N) is 1. The van der Waals surface area contributed by atoms with Crippen molar-refractivity contribution in [3.8, 4) is 5.75 Å². The molecule has 3 aromatic rings. The number of rotatable bonds is 8. The Morgan fingerprint density at radius 1 is 1.06 bits per heavy atom. The number of amides is 1. The van der Waals surface area contributed by atoms with E-state index in [4.69, 9.17) is 4.74 Å². The Morgan fingerprint density at radius 3 is 2.32 bits per heavy atom. The molecule has 0 aliphatic heterocycles. The van der Waals surface area contributed by atoms with Crippen molar-refractivity contribution in [3.63, 3.8) is 0 Å². The lowest BCUT2D eigenvalue weighted by molar-refractivity contribution is -0.118. The molecule has 0 atom stereocenters. The molecule has 0 aliphatic carbocycles. The molecule has 1 amide bonds. The molecule has 0 unspecified atom stereocenters. The molecule has 0 saturated heterocycles. The van der Waals surface area contributed by atoms with Crippen molar-refractivity contribution in [1.29, 1.82) is 0 Å². The van der Waals surface area contributed by atoms with E-state index in [9.17, 15) is 13.2 Å². The maximum atomic E-state index is 13.5. The van der Waals surface area contributed by atoms with Crippen molar-refractivity contribution in [2.45, 2.75) is 37.1 Å². The lowest BCUT2D eigenvalue weighted by Gasteiger charge is -2.14. The van der Waals surface area contributed by atoms with Crippen LogP contribution >= 0.6 is 0 Å². The third-order valence-corrected chi connectivity index (χ3v) is 6.99. The quantitative estimate of drug-likeness (QED) is 0.527. The molecule has 6 nitrogen and oxygen atoms in total. The minimum atomic E-state index is -3.86. The maximum absolute atomic E-state index is 13.5. The van der Waals surface area contributed by atoms with Gasteiger partial charge in [-0.25, -0.2) is 8.42 Å². The van der Waals surface area contributed by atoms with Gasteiger partial charge in [-0.15, -0.1) is 6.58 Å². The molecule has 0 bridgehead atoms. The number of nitrogens with zero attached hydrogens (tertiary/aromatic N) is 1. The molecule has 162 valence electrons. The number of aromatic nitrogens is 1. The highest BCUT2D eigenvalue weighted by atomic mass is 32.2. The average Bonchev–Trinajstić information content (AvgIpc) is 2.98. The van der Waals surface area contributed by atoms with Gasteiger partial charge in [0.25, 0.3) is 5.91 Å². The number of benzene rings is 2. The first-order valence-electron chi connectivity index (χ1n) is 9.85. The zero-order chi connectivity index (χ0) is 22.6. The number of ether oxygens (including phenoxy) is 1. The number of carbonyl (C=O) groups excluding carboxylic acids is 1. The normalized spacial score (nSPS) is 11.2. The Morgan fingerprint density at radius 2 is 1.71 bits per heavy atom. The second-order valence-electron chi connectivity index (χ2n) is 7.25. The van der Waals surface area contributed by atoms with Gasteiger partial charge in [0.1, 0.15) is 16.5 Å². The molecule has 1 aromatic heterocycles. The van der Waals surface area contributed by atoms with Gasteiger partial charge in [0.05, 0.1) is 4.90 Å². The second kappa shape index (κ2) is 9.22. The molecular formula is C24H26N2O4S. The number of hydrogen-bond donors (Lipinski definition) is 1. The largest absolute Gasteiger partial charge is 0.484 e.